The molecule has 2 aromatic heterocycles. The van der Waals surface area contributed by atoms with Crippen LogP contribution in [0.4, 0.5) is 10.1 Å². The first-order chi connectivity index (χ1) is 10.7. The molecule has 1 amide bonds. The van der Waals surface area contributed by atoms with Gasteiger partial charge in [0.05, 0.1) is 21.8 Å². The number of hydrogen-bond donors (Lipinski definition) is 1. The second-order valence-electron chi connectivity index (χ2n) is 5.39. The highest BCUT2D eigenvalue weighted by atomic mass is 32.1. The lowest BCUT2D eigenvalue weighted by molar-refractivity contribution is -0.120. The molecule has 0 atom stereocenters. The zero-order chi connectivity index (χ0) is 15.1. The van der Waals surface area contributed by atoms with Crippen molar-refractivity contribution in [2.75, 3.05) is 23.3 Å². The summed E-state index contributed by atoms with van der Waals surface area (Å²) in [6.07, 6.45) is 0. The van der Waals surface area contributed by atoms with Gasteiger partial charge in [0, 0.05) is 13.1 Å². The Bertz CT molecular complexity index is 802. The molecule has 0 unspecified atom stereocenters. The number of para-hydroxylation sites is 1. The van der Waals surface area contributed by atoms with E-state index in [1.807, 2.05) is 31.2 Å². The first kappa shape index (κ1) is 13.7. The van der Waals surface area contributed by atoms with Crippen molar-refractivity contribution in [2.24, 2.45) is 5.92 Å². The number of nitrogens with one attached hydrogen (secondary N) is 1. The first-order valence-electron chi connectivity index (χ1n) is 7.04. The smallest absolute Gasteiger partial charge is 0.231 e. The van der Waals surface area contributed by atoms with Crippen molar-refractivity contribution in [2.45, 2.75) is 6.92 Å². The van der Waals surface area contributed by atoms with E-state index in [2.05, 4.69) is 25.6 Å². The third-order valence-electron chi connectivity index (χ3n) is 3.68. The Hall–Kier alpha value is -1.99. The fourth-order valence-corrected chi connectivity index (χ4v) is 4.09. The summed E-state index contributed by atoms with van der Waals surface area (Å²) in [5.74, 6) is 0.0930. The number of benzene rings is 1. The molecule has 0 saturated carbocycles. The Labute approximate surface area is 135 Å². The molecular formula is C15H14N4OS2. The second kappa shape index (κ2) is 5.33. The normalized spacial score (nSPS) is 15.0. The molecule has 1 saturated heterocycles. The standard InChI is InChI=1S/C15H14N4OS2/c1-9-6-13(22-18-9)17-14(20)10-7-19(8-10)15-16-11-4-2-3-5-12(11)21-15/h2-6,10H,7-8H2,1H3,(H,17,20). The molecule has 3 aromatic rings. The van der Waals surface area contributed by atoms with Crippen molar-refractivity contribution < 1.29 is 4.79 Å². The van der Waals surface area contributed by atoms with Gasteiger partial charge in [-0.05, 0) is 36.7 Å². The van der Waals surface area contributed by atoms with E-state index in [4.69, 9.17) is 0 Å². The van der Waals surface area contributed by atoms with E-state index in [0.29, 0.717) is 0 Å². The molecule has 1 N–H and O–H groups in total. The van der Waals surface area contributed by atoms with Crippen molar-refractivity contribution >= 4 is 49.1 Å². The highest BCUT2D eigenvalue weighted by Gasteiger charge is 2.34. The molecule has 5 nitrogen and oxygen atoms in total. The fraction of sp³-hybridized carbons (Fsp3) is 0.267. The molecular weight excluding hydrogens is 316 g/mol. The molecule has 0 aliphatic carbocycles. The fourth-order valence-electron chi connectivity index (χ4n) is 2.44. The number of aromatic nitrogens is 2. The molecule has 1 aliphatic rings. The number of anilines is 2. The van der Waals surface area contributed by atoms with Gasteiger partial charge in [-0.25, -0.2) is 4.98 Å². The summed E-state index contributed by atoms with van der Waals surface area (Å²) in [7, 11) is 0. The van der Waals surface area contributed by atoms with Gasteiger partial charge in [-0.3, -0.25) is 4.79 Å². The lowest BCUT2D eigenvalue weighted by Crippen LogP contribution is -2.52. The van der Waals surface area contributed by atoms with Crippen molar-refractivity contribution in [1.82, 2.24) is 9.36 Å². The van der Waals surface area contributed by atoms with Crippen molar-refractivity contribution in [3.8, 4) is 0 Å². The maximum Gasteiger partial charge on any atom is 0.231 e. The van der Waals surface area contributed by atoms with Crippen LogP contribution in [0.3, 0.4) is 0 Å². The average molecular weight is 330 g/mol. The maximum absolute atomic E-state index is 12.2. The van der Waals surface area contributed by atoms with E-state index in [-0.39, 0.29) is 11.8 Å². The van der Waals surface area contributed by atoms with Gasteiger partial charge in [-0.15, -0.1) is 0 Å². The van der Waals surface area contributed by atoms with Crippen LogP contribution < -0.4 is 10.2 Å². The number of hydrogen-bond acceptors (Lipinski definition) is 6. The van der Waals surface area contributed by atoms with Gasteiger partial charge in [-0.1, -0.05) is 23.5 Å². The molecule has 3 heterocycles. The number of nitrogens with zero attached hydrogens (tertiary/aromatic N) is 3. The predicted molar refractivity (Wildman–Crippen MR) is 90.8 cm³/mol. The van der Waals surface area contributed by atoms with E-state index >= 15 is 0 Å². The minimum atomic E-state index is 0.0226. The van der Waals surface area contributed by atoms with Crippen LogP contribution in [-0.2, 0) is 4.79 Å². The van der Waals surface area contributed by atoms with Gasteiger partial charge in [0.2, 0.25) is 5.91 Å². The first-order valence-corrected chi connectivity index (χ1v) is 8.63. The molecule has 1 aliphatic heterocycles. The highest BCUT2D eigenvalue weighted by Crippen LogP contribution is 2.33. The molecule has 1 aromatic carbocycles. The molecule has 112 valence electrons. The van der Waals surface area contributed by atoms with E-state index in [0.717, 1.165) is 34.4 Å². The lowest BCUT2D eigenvalue weighted by Gasteiger charge is -2.37. The number of carbonyl (C=O) groups is 1. The number of rotatable bonds is 3. The average Bonchev–Trinajstić information content (AvgIpc) is 3.03. The van der Waals surface area contributed by atoms with Crippen molar-refractivity contribution in [3.63, 3.8) is 0 Å². The lowest BCUT2D eigenvalue weighted by atomic mass is 10.0. The molecule has 1 fully saturated rings. The van der Waals surface area contributed by atoms with Gasteiger partial charge in [-0.2, -0.15) is 4.37 Å². The Balaban J connectivity index is 1.40. The molecule has 7 heteroatoms. The minimum absolute atomic E-state index is 0.0226. The van der Waals surface area contributed by atoms with Crippen molar-refractivity contribution in [1.29, 1.82) is 0 Å². The SMILES string of the molecule is Cc1cc(NC(=O)C2CN(c3nc4ccccc4s3)C2)sn1. The van der Waals surface area contributed by atoms with E-state index in [9.17, 15) is 4.79 Å². The van der Waals surface area contributed by atoms with Crippen LogP contribution in [0.1, 0.15) is 5.69 Å². The monoisotopic (exact) mass is 330 g/mol. The molecule has 22 heavy (non-hydrogen) atoms. The number of aryl methyl sites for hydroxylation is 1. The zero-order valence-electron chi connectivity index (χ0n) is 11.9. The Morgan fingerprint density at radius 3 is 2.91 bits per heavy atom. The summed E-state index contributed by atoms with van der Waals surface area (Å²) in [5.41, 5.74) is 1.96. The predicted octanol–water partition coefficient (Wildman–Crippen LogP) is 3.14. The molecule has 4 rings (SSSR count). The third kappa shape index (κ3) is 2.46. The number of carbonyl (C=O) groups excluding carboxylic acids is 1. The van der Waals surface area contributed by atoms with Crippen LogP contribution in [0.25, 0.3) is 10.2 Å². The quantitative estimate of drug-likeness (QED) is 0.801. The van der Waals surface area contributed by atoms with Crippen LogP contribution >= 0.6 is 22.9 Å². The van der Waals surface area contributed by atoms with Crippen LogP contribution in [0, 0.1) is 12.8 Å². The Morgan fingerprint density at radius 1 is 1.36 bits per heavy atom. The largest absolute Gasteiger partial charge is 0.346 e. The number of thiazole rings is 1. The summed E-state index contributed by atoms with van der Waals surface area (Å²) >= 11 is 3.00. The van der Waals surface area contributed by atoms with Crippen LogP contribution in [0.5, 0.6) is 0 Å². The topological polar surface area (TPSA) is 58.1 Å². The van der Waals surface area contributed by atoms with Gasteiger partial charge in [0.1, 0.15) is 5.00 Å². The van der Waals surface area contributed by atoms with Gasteiger partial charge in [0.15, 0.2) is 5.13 Å². The summed E-state index contributed by atoms with van der Waals surface area (Å²) in [4.78, 5) is 19.0. The van der Waals surface area contributed by atoms with Gasteiger partial charge < -0.3 is 10.2 Å². The zero-order valence-corrected chi connectivity index (χ0v) is 13.6. The Kier molecular flexibility index (Phi) is 3.31. The minimum Gasteiger partial charge on any atom is -0.346 e. The maximum atomic E-state index is 12.2. The van der Waals surface area contributed by atoms with Crippen LogP contribution in [0.2, 0.25) is 0 Å². The molecule has 0 radical (unpaired) electrons. The van der Waals surface area contributed by atoms with E-state index in [1.54, 1.807) is 11.3 Å². The van der Waals surface area contributed by atoms with Gasteiger partial charge in [0.25, 0.3) is 0 Å². The number of amides is 1. The molecule has 0 spiro atoms. The van der Waals surface area contributed by atoms with Crippen molar-refractivity contribution in [3.05, 3.63) is 36.0 Å². The van der Waals surface area contributed by atoms with E-state index in [1.165, 1.54) is 16.2 Å². The second-order valence-corrected chi connectivity index (χ2v) is 7.20. The summed E-state index contributed by atoms with van der Waals surface area (Å²) in [6.45, 7) is 3.37. The van der Waals surface area contributed by atoms with Gasteiger partial charge >= 0.3 is 0 Å². The van der Waals surface area contributed by atoms with E-state index < -0.39 is 0 Å². The highest BCUT2D eigenvalue weighted by molar-refractivity contribution is 7.22. The summed E-state index contributed by atoms with van der Waals surface area (Å²) < 4.78 is 5.35. The Morgan fingerprint density at radius 2 is 2.18 bits per heavy atom. The summed E-state index contributed by atoms with van der Waals surface area (Å²) in [5, 5.41) is 4.76. The van der Waals surface area contributed by atoms with Crippen LogP contribution in [-0.4, -0.2) is 28.4 Å². The third-order valence-corrected chi connectivity index (χ3v) is 5.57. The summed E-state index contributed by atoms with van der Waals surface area (Å²) in [6, 6.07) is 10.0. The number of fused-ring (bicyclic) bond motifs is 1. The molecule has 0 bridgehead atoms. The van der Waals surface area contributed by atoms with Crippen LogP contribution in [0.15, 0.2) is 30.3 Å².